The van der Waals surface area contributed by atoms with Gasteiger partial charge in [0.25, 0.3) is 0 Å². The molecule has 0 aliphatic rings. The molecule has 1 unspecified atom stereocenters. The molecule has 0 aromatic rings. The summed E-state index contributed by atoms with van der Waals surface area (Å²) in [4.78, 5) is 0. The van der Waals surface area contributed by atoms with Crippen LogP contribution in [-0.4, -0.2) is 16.9 Å². The Balaban J connectivity index is 2.82. The molecule has 0 aliphatic carbocycles. The Morgan fingerprint density at radius 2 is 2.43 bits per heavy atom. The first kappa shape index (κ1) is 7.84. The summed E-state index contributed by atoms with van der Waals surface area (Å²) < 4.78 is 19.7. The molecule has 0 amide bonds. The quantitative estimate of drug-likeness (QED) is 0.328. The van der Waals surface area contributed by atoms with E-state index in [1.807, 2.05) is 6.92 Å². The summed E-state index contributed by atoms with van der Waals surface area (Å²) in [5.41, 5.74) is 0. The molecule has 0 spiro atoms. The fourth-order valence-electron chi connectivity index (χ4n) is 0.143. The van der Waals surface area contributed by atoms with Crippen molar-refractivity contribution >= 4 is 11.1 Å². The van der Waals surface area contributed by atoms with Gasteiger partial charge >= 0.3 is 56.2 Å². The molecular weight excluding hydrogens is 227 g/mol. The zero-order valence-electron chi connectivity index (χ0n) is 4.06. The number of hydrogen-bond donors (Lipinski definition) is 1. The summed E-state index contributed by atoms with van der Waals surface area (Å²) in [5, 5.41) is 0. The van der Waals surface area contributed by atoms with Crippen LogP contribution in [0.2, 0.25) is 0 Å². The molecule has 0 bridgehead atoms. The molecule has 0 aromatic heterocycles. The summed E-state index contributed by atoms with van der Waals surface area (Å²) in [7, 11) is 0. The van der Waals surface area contributed by atoms with Crippen LogP contribution >= 0.6 is 0 Å². The topological polar surface area (TPSA) is 37.3 Å². The van der Waals surface area contributed by atoms with E-state index in [-0.39, 0.29) is 21.2 Å². The van der Waals surface area contributed by atoms with Crippen molar-refractivity contribution in [2.45, 2.75) is 6.92 Å². The van der Waals surface area contributed by atoms with Crippen LogP contribution in [0, 0.1) is 0 Å². The van der Waals surface area contributed by atoms with Gasteiger partial charge in [-0.15, -0.1) is 0 Å². The molecule has 2 nitrogen and oxygen atoms in total. The zero-order valence-corrected chi connectivity index (χ0v) is 7.03. The van der Waals surface area contributed by atoms with E-state index in [1.54, 1.807) is 0 Å². The SMILES string of the molecule is CC[I-]CS(=O)O. The molecule has 0 radical (unpaired) electrons. The molecule has 1 atom stereocenters. The molecular formula is C3H8IO2S-. The van der Waals surface area contributed by atoms with Crippen molar-refractivity contribution in [1.29, 1.82) is 0 Å². The van der Waals surface area contributed by atoms with Gasteiger partial charge in [-0.05, 0) is 0 Å². The van der Waals surface area contributed by atoms with Crippen molar-refractivity contribution < 1.29 is 30.0 Å². The second-order valence-electron chi connectivity index (χ2n) is 0.887. The average molecular weight is 235 g/mol. The van der Waals surface area contributed by atoms with Crippen molar-refractivity contribution in [3.05, 3.63) is 0 Å². The Kier molecular flexibility index (Phi) is 5.58. The number of rotatable bonds is 3. The predicted octanol–water partition coefficient (Wildman–Crippen LogP) is -2.73. The second-order valence-corrected chi connectivity index (χ2v) is 6.22. The monoisotopic (exact) mass is 235 g/mol. The summed E-state index contributed by atoms with van der Waals surface area (Å²) in [5.74, 6) is 0. The van der Waals surface area contributed by atoms with Crippen molar-refractivity contribution in [1.82, 2.24) is 0 Å². The Labute approximate surface area is 56.2 Å². The van der Waals surface area contributed by atoms with Gasteiger partial charge in [0.05, 0.1) is 0 Å². The van der Waals surface area contributed by atoms with Crippen LogP contribution in [0.4, 0.5) is 0 Å². The summed E-state index contributed by atoms with van der Waals surface area (Å²) in [6, 6.07) is 0. The molecule has 1 N–H and O–H groups in total. The fourth-order valence-corrected chi connectivity index (χ4v) is 2.88. The maximum atomic E-state index is 9.90. The first-order valence-corrected chi connectivity index (χ1v) is 6.21. The molecule has 46 valence electrons. The third-order valence-electron chi connectivity index (χ3n) is 0.359. The van der Waals surface area contributed by atoms with Crippen LogP contribution in [-0.2, 0) is 11.1 Å². The average Bonchev–Trinajstić information content (AvgIpc) is 1.61. The van der Waals surface area contributed by atoms with Gasteiger partial charge in [-0.25, -0.2) is 0 Å². The van der Waals surface area contributed by atoms with E-state index in [2.05, 4.69) is 0 Å². The third kappa shape index (κ3) is 6.84. The van der Waals surface area contributed by atoms with E-state index in [0.717, 1.165) is 4.43 Å². The number of hydrogen-bond acceptors (Lipinski definition) is 1. The Bertz CT molecular complexity index is 66.0. The van der Waals surface area contributed by atoms with Crippen LogP contribution in [0.1, 0.15) is 6.92 Å². The van der Waals surface area contributed by atoms with Crippen molar-refractivity contribution in [3.63, 3.8) is 0 Å². The van der Waals surface area contributed by atoms with E-state index in [9.17, 15) is 4.21 Å². The molecule has 0 saturated heterocycles. The van der Waals surface area contributed by atoms with Crippen LogP contribution < -0.4 is 21.2 Å². The Morgan fingerprint density at radius 1 is 1.86 bits per heavy atom. The minimum absolute atomic E-state index is 0.0375. The van der Waals surface area contributed by atoms with E-state index in [0.29, 0.717) is 3.76 Å². The first-order valence-electron chi connectivity index (χ1n) is 1.88. The van der Waals surface area contributed by atoms with Gasteiger partial charge < -0.3 is 0 Å². The Morgan fingerprint density at radius 3 is 2.57 bits per heavy atom. The van der Waals surface area contributed by atoms with Crippen molar-refractivity contribution in [2.24, 2.45) is 0 Å². The number of alkyl halides is 2. The Hall–Kier alpha value is 0.840. The standard InChI is InChI=1S/C3H8IO2S/c1-2-4-3-7(5)6/h2-3H2,1H3,(H,5,6)/q-1. The van der Waals surface area contributed by atoms with E-state index in [4.69, 9.17) is 4.55 Å². The molecule has 4 heteroatoms. The van der Waals surface area contributed by atoms with Gasteiger partial charge in [-0.2, -0.15) is 0 Å². The van der Waals surface area contributed by atoms with Crippen LogP contribution in [0.15, 0.2) is 0 Å². The zero-order chi connectivity index (χ0) is 5.70. The normalized spacial score (nSPS) is 14.6. The molecule has 0 rings (SSSR count). The summed E-state index contributed by atoms with van der Waals surface area (Å²) in [6.45, 7) is 2.04. The first-order chi connectivity index (χ1) is 3.27. The summed E-state index contributed by atoms with van der Waals surface area (Å²) >= 11 is -1.48. The summed E-state index contributed by atoms with van der Waals surface area (Å²) in [6.07, 6.45) is 0. The van der Waals surface area contributed by atoms with E-state index >= 15 is 0 Å². The van der Waals surface area contributed by atoms with Gasteiger partial charge in [0.1, 0.15) is 0 Å². The van der Waals surface area contributed by atoms with Crippen LogP contribution in [0.25, 0.3) is 0 Å². The van der Waals surface area contributed by atoms with Crippen molar-refractivity contribution in [2.75, 3.05) is 8.19 Å². The fraction of sp³-hybridized carbons (Fsp3) is 1.00. The van der Waals surface area contributed by atoms with Crippen molar-refractivity contribution in [3.8, 4) is 0 Å². The van der Waals surface area contributed by atoms with Crippen LogP contribution in [0.5, 0.6) is 0 Å². The van der Waals surface area contributed by atoms with Gasteiger partial charge in [0.15, 0.2) is 0 Å². The predicted molar refractivity (Wildman–Crippen MR) is 26.2 cm³/mol. The molecule has 0 aromatic carbocycles. The van der Waals surface area contributed by atoms with Crippen LogP contribution in [0.3, 0.4) is 0 Å². The van der Waals surface area contributed by atoms with Gasteiger partial charge in [0, 0.05) is 0 Å². The van der Waals surface area contributed by atoms with Gasteiger partial charge in [-0.1, -0.05) is 0 Å². The number of halogens is 1. The van der Waals surface area contributed by atoms with E-state index in [1.165, 1.54) is 0 Å². The van der Waals surface area contributed by atoms with Gasteiger partial charge in [-0.3, -0.25) is 0 Å². The van der Waals surface area contributed by atoms with Gasteiger partial charge in [0.2, 0.25) is 0 Å². The molecule has 0 heterocycles. The molecule has 7 heavy (non-hydrogen) atoms. The second kappa shape index (κ2) is 4.99. The minimum atomic E-state index is -1.52. The molecule has 0 aliphatic heterocycles. The maximum absolute atomic E-state index is 9.90. The third-order valence-corrected chi connectivity index (χ3v) is 4.70. The molecule has 0 fully saturated rings. The molecule has 0 saturated carbocycles. The van der Waals surface area contributed by atoms with E-state index < -0.39 is 11.1 Å².